The Morgan fingerprint density at radius 1 is 1.08 bits per heavy atom. The van der Waals surface area contributed by atoms with Gasteiger partial charge in [0.1, 0.15) is 0 Å². The number of benzene rings is 1. The number of nitrogens with zero attached hydrogens (tertiary/aromatic N) is 3. The Labute approximate surface area is 217 Å². The standard InChI is InChI=1S/C21H26BrN3O.C4H6O6/c1-5-25(6-2)21(26)13-10-15-14-8-7-9-17-19(14)16(20(22)24(17)4)11-18(15)23(3)12-13;5-1(3(7)8)2(6)4(9)10/h7-10,13,18H,5-6,11-12H2,1-4H3;1-2,5-6H,(H,7,8)(H,9,10)/t;1-,2-/m.1/s1. The summed E-state index contributed by atoms with van der Waals surface area (Å²) in [6, 6.07) is 6.87. The van der Waals surface area contributed by atoms with E-state index in [4.69, 9.17) is 20.4 Å². The Bertz CT molecular complexity index is 1190. The van der Waals surface area contributed by atoms with Crippen molar-refractivity contribution in [3.63, 3.8) is 0 Å². The van der Waals surface area contributed by atoms with Gasteiger partial charge in [0.25, 0.3) is 0 Å². The summed E-state index contributed by atoms with van der Waals surface area (Å²) in [6.07, 6.45) is -1.29. The van der Waals surface area contributed by atoms with E-state index in [2.05, 4.69) is 77.6 Å². The molecule has 2 aliphatic rings. The van der Waals surface area contributed by atoms with Crippen molar-refractivity contribution in [1.82, 2.24) is 14.4 Å². The number of hydrogen-bond donors (Lipinski definition) is 4. The molecule has 36 heavy (non-hydrogen) atoms. The number of aromatic nitrogens is 1. The van der Waals surface area contributed by atoms with Crippen molar-refractivity contribution < 1.29 is 34.8 Å². The maximum absolute atomic E-state index is 13.0. The number of aliphatic hydroxyl groups is 2. The van der Waals surface area contributed by atoms with Crippen LogP contribution in [0.3, 0.4) is 0 Å². The van der Waals surface area contributed by atoms with Gasteiger partial charge < -0.3 is 29.9 Å². The predicted molar refractivity (Wildman–Crippen MR) is 137 cm³/mol. The third kappa shape index (κ3) is 5.06. The first kappa shape index (κ1) is 27.9. The van der Waals surface area contributed by atoms with Crippen LogP contribution in [0.25, 0.3) is 16.5 Å². The fourth-order valence-corrected chi connectivity index (χ4v) is 5.50. The second-order valence-corrected chi connectivity index (χ2v) is 9.74. The molecule has 0 bridgehead atoms. The van der Waals surface area contributed by atoms with E-state index < -0.39 is 24.1 Å². The number of aliphatic hydroxyl groups excluding tert-OH is 2. The lowest BCUT2D eigenvalue weighted by atomic mass is 9.79. The molecule has 0 saturated heterocycles. The lowest BCUT2D eigenvalue weighted by Crippen LogP contribution is -2.47. The van der Waals surface area contributed by atoms with Gasteiger partial charge in [0.15, 0.2) is 12.2 Å². The molecule has 10 nitrogen and oxygen atoms in total. The fourth-order valence-electron chi connectivity index (χ4n) is 4.95. The summed E-state index contributed by atoms with van der Waals surface area (Å²) in [4.78, 5) is 36.8. The molecule has 0 fully saturated rings. The maximum Gasteiger partial charge on any atom is 0.335 e. The number of halogens is 1. The first-order chi connectivity index (χ1) is 16.9. The van der Waals surface area contributed by atoms with Crippen molar-refractivity contribution in [2.45, 2.75) is 38.5 Å². The highest BCUT2D eigenvalue weighted by Gasteiger charge is 2.37. The van der Waals surface area contributed by atoms with Crippen molar-refractivity contribution in [3.8, 4) is 0 Å². The molecule has 4 atom stereocenters. The Morgan fingerprint density at radius 3 is 2.19 bits per heavy atom. The molecule has 4 N–H and O–H groups in total. The Hall–Kier alpha value is -2.73. The number of fused-ring (bicyclic) bond motifs is 2. The zero-order chi connectivity index (χ0) is 26.9. The van der Waals surface area contributed by atoms with E-state index in [9.17, 15) is 14.4 Å². The average Bonchev–Trinajstić information content (AvgIpc) is 3.10. The lowest BCUT2D eigenvalue weighted by molar-refractivity contribution is -0.165. The van der Waals surface area contributed by atoms with Gasteiger partial charge in [-0.1, -0.05) is 18.2 Å². The predicted octanol–water partition coefficient (Wildman–Crippen LogP) is 1.56. The van der Waals surface area contributed by atoms with Crippen molar-refractivity contribution in [3.05, 3.63) is 40.0 Å². The van der Waals surface area contributed by atoms with E-state index in [1.54, 1.807) is 0 Å². The number of aliphatic carboxylic acids is 2. The molecular formula is C25H32BrN3O7. The number of hydrogen-bond acceptors (Lipinski definition) is 6. The number of carbonyl (C=O) groups excluding carboxylic acids is 1. The summed E-state index contributed by atoms with van der Waals surface area (Å²) in [5.41, 5.74) is 5.25. The summed E-state index contributed by atoms with van der Waals surface area (Å²) in [5, 5.41) is 33.9. The molecule has 4 rings (SSSR count). The molecule has 196 valence electrons. The second kappa shape index (κ2) is 11.1. The monoisotopic (exact) mass is 565 g/mol. The van der Waals surface area contributed by atoms with Crippen LogP contribution in [0.2, 0.25) is 0 Å². The Morgan fingerprint density at radius 2 is 1.67 bits per heavy atom. The van der Waals surface area contributed by atoms with Crippen LogP contribution in [0.15, 0.2) is 28.9 Å². The van der Waals surface area contributed by atoms with Gasteiger partial charge >= 0.3 is 11.9 Å². The minimum absolute atomic E-state index is 0.0601. The van der Waals surface area contributed by atoms with Crippen molar-refractivity contribution in [2.75, 3.05) is 26.7 Å². The second-order valence-electron chi connectivity index (χ2n) is 8.99. The van der Waals surface area contributed by atoms with Crippen LogP contribution in [0, 0.1) is 5.92 Å². The van der Waals surface area contributed by atoms with Crippen molar-refractivity contribution in [2.24, 2.45) is 13.0 Å². The van der Waals surface area contributed by atoms with Crippen LogP contribution in [-0.2, 0) is 27.9 Å². The van der Waals surface area contributed by atoms with E-state index in [-0.39, 0.29) is 11.8 Å². The third-order valence-electron chi connectivity index (χ3n) is 6.91. The first-order valence-electron chi connectivity index (χ1n) is 11.7. The van der Waals surface area contributed by atoms with E-state index in [0.29, 0.717) is 6.04 Å². The maximum atomic E-state index is 13.0. The molecule has 2 aromatic rings. The van der Waals surface area contributed by atoms with Crippen LogP contribution < -0.4 is 0 Å². The van der Waals surface area contributed by atoms with Crippen LogP contribution in [-0.4, -0.2) is 97.6 Å². The number of carboxylic acids is 2. The van der Waals surface area contributed by atoms with E-state index in [1.807, 2.05) is 4.90 Å². The molecule has 2 unspecified atom stereocenters. The number of carbonyl (C=O) groups is 3. The van der Waals surface area contributed by atoms with Gasteiger partial charge in [0.05, 0.1) is 10.5 Å². The number of rotatable bonds is 6. The Kier molecular flexibility index (Phi) is 8.60. The summed E-state index contributed by atoms with van der Waals surface area (Å²) >= 11 is 3.80. The highest BCUT2D eigenvalue weighted by molar-refractivity contribution is 9.10. The first-order valence-corrected chi connectivity index (χ1v) is 12.5. The molecule has 11 heteroatoms. The quantitative estimate of drug-likeness (QED) is 0.413. The van der Waals surface area contributed by atoms with Crippen LogP contribution in [0.1, 0.15) is 25.0 Å². The number of likely N-dealkylation sites (N-methyl/N-ethyl adjacent to an activating group) is 1. The number of carboxylic acid groups (broad SMARTS) is 2. The summed E-state index contributed by atoms with van der Waals surface area (Å²) in [7, 11) is 4.27. The fraction of sp³-hybridized carbons (Fsp3) is 0.480. The molecule has 1 aromatic heterocycles. The molecule has 0 saturated carbocycles. The summed E-state index contributed by atoms with van der Waals surface area (Å²) in [6.45, 7) is 6.44. The molecular weight excluding hydrogens is 534 g/mol. The van der Waals surface area contributed by atoms with Gasteiger partial charge in [-0.25, -0.2) is 9.59 Å². The zero-order valence-corrected chi connectivity index (χ0v) is 22.3. The van der Waals surface area contributed by atoms with Crippen molar-refractivity contribution in [1.29, 1.82) is 0 Å². The van der Waals surface area contributed by atoms with Gasteiger partial charge in [0.2, 0.25) is 5.91 Å². The average molecular weight is 566 g/mol. The van der Waals surface area contributed by atoms with Gasteiger partial charge in [-0.15, -0.1) is 0 Å². The third-order valence-corrected chi connectivity index (χ3v) is 7.92. The normalized spacial score (nSPS) is 20.5. The Balaban J connectivity index is 0.000000308. The van der Waals surface area contributed by atoms with Crippen LogP contribution in [0.5, 0.6) is 0 Å². The lowest BCUT2D eigenvalue weighted by Gasteiger charge is -2.40. The largest absolute Gasteiger partial charge is 0.479 e. The number of amides is 1. The molecule has 2 heterocycles. The van der Waals surface area contributed by atoms with Gasteiger partial charge in [-0.2, -0.15) is 0 Å². The zero-order valence-electron chi connectivity index (χ0n) is 20.7. The minimum atomic E-state index is -2.27. The molecule has 0 radical (unpaired) electrons. The van der Waals surface area contributed by atoms with Gasteiger partial charge in [0, 0.05) is 43.6 Å². The molecule has 1 aliphatic heterocycles. The van der Waals surface area contributed by atoms with Crippen molar-refractivity contribution >= 4 is 50.3 Å². The highest BCUT2D eigenvalue weighted by atomic mass is 79.9. The topological polar surface area (TPSA) is 144 Å². The number of aryl methyl sites for hydroxylation is 1. The smallest absolute Gasteiger partial charge is 0.335 e. The SMILES string of the molecule is CCN(CC)C(=O)C1C=C2c3cccc4c3c(c(Br)n4C)CC2N(C)C1.O=C(O)[C@H](O)[C@@H](O)C(=O)O. The van der Waals surface area contributed by atoms with E-state index in [1.165, 1.54) is 32.2 Å². The van der Waals surface area contributed by atoms with Crippen LogP contribution in [0.4, 0.5) is 0 Å². The summed E-state index contributed by atoms with van der Waals surface area (Å²) < 4.78 is 3.40. The minimum Gasteiger partial charge on any atom is -0.479 e. The van der Waals surface area contributed by atoms with Gasteiger partial charge in [-0.05, 0) is 66.0 Å². The molecule has 1 amide bonds. The van der Waals surface area contributed by atoms with E-state index >= 15 is 0 Å². The van der Waals surface area contributed by atoms with Crippen LogP contribution >= 0.6 is 15.9 Å². The molecule has 1 aliphatic carbocycles. The molecule has 1 aromatic carbocycles. The summed E-state index contributed by atoms with van der Waals surface area (Å²) in [5.74, 6) is -3.35. The van der Waals surface area contributed by atoms with Gasteiger partial charge in [-0.3, -0.25) is 9.69 Å². The van der Waals surface area contributed by atoms with E-state index in [0.717, 1.165) is 26.1 Å². The highest BCUT2D eigenvalue weighted by Crippen LogP contribution is 2.44. The molecule has 0 spiro atoms.